The fraction of sp³-hybridized carbons (Fsp3) is 0. The molecule has 4 rings (SSSR count). The minimum atomic E-state index is -0.0697. The Labute approximate surface area is 141 Å². The third kappa shape index (κ3) is 2.32. The van der Waals surface area contributed by atoms with E-state index in [0.29, 0.717) is 0 Å². The molecule has 4 aromatic rings. The van der Waals surface area contributed by atoms with Crippen LogP contribution in [0.1, 0.15) is 0 Å². The lowest BCUT2D eigenvalue weighted by atomic mass is 10.2. The molecule has 23 heavy (non-hydrogen) atoms. The molecular formula is C19H13BrN2O. The van der Waals surface area contributed by atoms with Gasteiger partial charge in [0.05, 0.1) is 22.4 Å². The minimum Gasteiger partial charge on any atom is -0.260 e. The molecule has 0 bridgehead atoms. The summed E-state index contributed by atoms with van der Waals surface area (Å²) < 4.78 is 4.48. The molecule has 0 aliphatic heterocycles. The molecule has 0 aliphatic carbocycles. The summed E-state index contributed by atoms with van der Waals surface area (Å²) in [5.74, 6) is 0. The number of hydrogen-bond acceptors (Lipinski definition) is 1. The quantitative estimate of drug-likeness (QED) is 0.512. The maximum atomic E-state index is 13.1. The van der Waals surface area contributed by atoms with Gasteiger partial charge in [-0.05, 0) is 48.5 Å². The molecule has 0 radical (unpaired) electrons. The molecule has 0 atom stereocenters. The third-order valence-electron chi connectivity index (χ3n) is 3.85. The smallest absolute Gasteiger partial charge is 0.260 e. The molecule has 0 spiro atoms. The molecule has 0 amide bonds. The molecule has 0 fully saturated rings. The largest absolute Gasteiger partial charge is 0.338 e. The highest BCUT2D eigenvalue weighted by atomic mass is 79.9. The van der Waals surface area contributed by atoms with Crippen LogP contribution >= 0.6 is 15.9 Å². The van der Waals surface area contributed by atoms with E-state index in [4.69, 9.17) is 0 Å². The number of benzene rings is 3. The topological polar surface area (TPSA) is 26.9 Å². The Balaban J connectivity index is 2.09. The highest BCUT2D eigenvalue weighted by molar-refractivity contribution is 9.10. The van der Waals surface area contributed by atoms with Gasteiger partial charge >= 0.3 is 5.69 Å². The number of hydrogen-bond donors (Lipinski definition) is 0. The van der Waals surface area contributed by atoms with Gasteiger partial charge in [0.15, 0.2) is 0 Å². The molecule has 3 aromatic carbocycles. The average Bonchev–Trinajstić information content (AvgIpc) is 2.88. The maximum absolute atomic E-state index is 13.1. The standard InChI is InChI=1S/C19H13BrN2O/c20-14-10-12-16(13-11-14)22-18-9-5-4-8-17(18)21(19(22)23)15-6-2-1-3-7-15/h1-13H. The van der Waals surface area contributed by atoms with Crippen molar-refractivity contribution < 1.29 is 0 Å². The fourth-order valence-electron chi connectivity index (χ4n) is 2.81. The lowest BCUT2D eigenvalue weighted by Crippen LogP contribution is -2.21. The van der Waals surface area contributed by atoms with Gasteiger partial charge in [0.25, 0.3) is 0 Å². The Morgan fingerprint density at radius 1 is 0.609 bits per heavy atom. The van der Waals surface area contributed by atoms with Crippen LogP contribution in [0.25, 0.3) is 22.4 Å². The Morgan fingerprint density at radius 2 is 1.09 bits per heavy atom. The van der Waals surface area contributed by atoms with Gasteiger partial charge in [0.2, 0.25) is 0 Å². The fourth-order valence-corrected chi connectivity index (χ4v) is 3.08. The molecule has 1 heterocycles. The molecule has 3 nitrogen and oxygen atoms in total. The van der Waals surface area contributed by atoms with Gasteiger partial charge in [0, 0.05) is 4.47 Å². The molecule has 0 N–H and O–H groups in total. The van der Waals surface area contributed by atoms with E-state index in [0.717, 1.165) is 26.9 Å². The maximum Gasteiger partial charge on any atom is 0.338 e. The number of halogens is 1. The van der Waals surface area contributed by atoms with E-state index < -0.39 is 0 Å². The van der Waals surface area contributed by atoms with Crippen LogP contribution in [-0.4, -0.2) is 9.13 Å². The number of rotatable bonds is 2. The summed E-state index contributed by atoms with van der Waals surface area (Å²) in [5, 5.41) is 0. The molecule has 0 aliphatic rings. The van der Waals surface area contributed by atoms with Gasteiger partial charge in [-0.3, -0.25) is 9.13 Å². The molecule has 0 saturated carbocycles. The van der Waals surface area contributed by atoms with E-state index >= 15 is 0 Å². The van der Waals surface area contributed by atoms with Crippen molar-refractivity contribution in [2.75, 3.05) is 0 Å². The lowest BCUT2D eigenvalue weighted by Gasteiger charge is -2.03. The summed E-state index contributed by atoms with van der Waals surface area (Å²) in [5.41, 5.74) is 3.43. The number of fused-ring (bicyclic) bond motifs is 1. The van der Waals surface area contributed by atoms with E-state index in [1.807, 2.05) is 78.9 Å². The van der Waals surface area contributed by atoms with E-state index in [2.05, 4.69) is 15.9 Å². The van der Waals surface area contributed by atoms with Crippen molar-refractivity contribution in [2.45, 2.75) is 0 Å². The van der Waals surface area contributed by atoms with Crippen LogP contribution in [0.2, 0.25) is 0 Å². The predicted molar refractivity (Wildman–Crippen MR) is 96.6 cm³/mol. The monoisotopic (exact) mass is 364 g/mol. The highest BCUT2D eigenvalue weighted by Gasteiger charge is 2.15. The normalized spacial score (nSPS) is 11.0. The third-order valence-corrected chi connectivity index (χ3v) is 4.37. The number of imidazole rings is 1. The van der Waals surface area contributed by atoms with Gasteiger partial charge in [-0.1, -0.05) is 46.3 Å². The van der Waals surface area contributed by atoms with Crippen molar-refractivity contribution in [3.63, 3.8) is 0 Å². The van der Waals surface area contributed by atoms with Crippen molar-refractivity contribution in [3.8, 4) is 11.4 Å². The molecule has 0 saturated heterocycles. The first-order chi connectivity index (χ1) is 11.3. The van der Waals surface area contributed by atoms with Crippen LogP contribution in [0.4, 0.5) is 0 Å². The Morgan fingerprint density at radius 3 is 1.65 bits per heavy atom. The van der Waals surface area contributed by atoms with Crippen LogP contribution in [0.5, 0.6) is 0 Å². The van der Waals surface area contributed by atoms with E-state index in [1.54, 1.807) is 9.13 Å². The summed E-state index contributed by atoms with van der Waals surface area (Å²) in [6.45, 7) is 0. The first kappa shape index (κ1) is 14.0. The first-order valence-corrected chi connectivity index (χ1v) is 8.09. The Hall–Kier alpha value is -2.59. The molecule has 1 aromatic heterocycles. The number of nitrogens with zero attached hydrogens (tertiary/aromatic N) is 2. The van der Waals surface area contributed by atoms with Crippen LogP contribution in [0.15, 0.2) is 88.1 Å². The van der Waals surface area contributed by atoms with Gasteiger partial charge in [-0.25, -0.2) is 4.79 Å². The van der Waals surface area contributed by atoms with Crippen LogP contribution < -0.4 is 5.69 Å². The molecule has 4 heteroatoms. The molecule has 112 valence electrons. The van der Waals surface area contributed by atoms with E-state index in [9.17, 15) is 4.79 Å². The van der Waals surface area contributed by atoms with Crippen molar-refractivity contribution in [1.29, 1.82) is 0 Å². The molecular weight excluding hydrogens is 352 g/mol. The van der Waals surface area contributed by atoms with Crippen molar-refractivity contribution in [3.05, 3.63) is 93.8 Å². The van der Waals surface area contributed by atoms with Gasteiger partial charge in [-0.2, -0.15) is 0 Å². The van der Waals surface area contributed by atoms with E-state index in [-0.39, 0.29) is 5.69 Å². The zero-order chi connectivity index (χ0) is 15.8. The van der Waals surface area contributed by atoms with Gasteiger partial charge in [-0.15, -0.1) is 0 Å². The van der Waals surface area contributed by atoms with Crippen LogP contribution in [0, 0.1) is 0 Å². The zero-order valence-electron chi connectivity index (χ0n) is 12.2. The Kier molecular flexibility index (Phi) is 3.39. The van der Waals surface area contributed by atoms with Crippen molar-refractivity contribution >= 4 is 27.0 Å². The van der Waals surface area contributed by atoms with E-state index in [1.165, 1.54) is 0 Å². The second kappa shape index (κ2) is 5.56. The number of para-hydroxylation sites is 3. The summed E-state index contributed by atoms with van der Waals surface area (Å²) in [7, 11) is 0. The Bertz CT molecular complexity index is 1030. The first-order valence-electron chi connectivity index (χ1n) is 7.29. The summed E-state index contributed by atoms with van der Waals surface area (Å²) in [6.07, 6.45) is 0. The predicted octanol–water partition coefficient (Wildman–Crippen LogP) is 4.54. The van der Waals surface area contributed by atoms with Crippen LogP contribution in [0.3, 0.4) is 0 Å². The van der Waals surface area contributed by atoms with Gasteiger partial charge < -0.3 is 0 Å². The average molecular weight is 365 g/mol. The highest BCUT2D eigenvalue weighted by Crippen LogP contribution is 2.21. The second-order valence-electron chi connectivity index (χ2n) is 5.25. The van der Waals surface area contributed by atoms with Crippen LogP contribution in [-0.2, 0) is 0 Å². The zero-order valence-corrected chi connectivity index (χ0v) is 13.8. The summed E-state index contributed by atoms with van der Waals surface area (Å²) >= 11 is 3.44. The van der Waals surface area contributed by atoms with Gasteiger partial charge in [0.1, 0.15) is 0 Å². The second-order valence-corrected chi connectivity index (χ2v) is 6.17. The SMILES string of the molecule is O=c1n(-c2ccccc2)c2ccccc2n1-c1ccc(Br)cc1. The number of aromatic nitrogens is 2. The van der Waals surface area contributed by atoms with Crippen molar-refractivity contribution in [1.82, 2.24) is 9.13 Å². The molecule has 0 unspecified atom stereocenters. The summed E-state index contributed by atoms with van der Waals surface area (Å²) in [4.78, 5) is 13.1. The lowest BCUT2D eigenvalue weighted by molar-refractivity contribution is 0.930. The summed E-state index contributed by atoms with van der Waals surface area (Å²) in [6, 6.07) is 25.3. The van der Waals surface area contributed by atoms with Crippen molar-refractivity contribution in [2.24, 2.45) is 0 Å². The minimum absolute atomic E-state index is 0.0697.